The van der Waals surface area contributed by atoms with Crippen LogP contribution in [0, 0.1) is 12.7 Å². The molecule has 0 fully saturated rings. The van der Waals surface area contributed by atoms with Gasteiger partial charge in [0.1, 0.15) is 5.82 Å². The Morgan fingerprint density at radius 3 is 2.46 bits per heavy atom. The molecule has 2 heterocycles. The Morgan fingerprint density at radius 1 is 1.03 bits per heavy atom. The smallest absolute Gasteiger partial charge is 0.258 e. The molecule has 3 aromatic carbocycles. The third-order valence-corrected chi connectivity index (χ3v) is 6.59. The van der Waals surface area contributed by atoms with Gasteiger partial charge in [0.05, 0.1) is 11.6 Å². The number of aryl methyl sites for hydroxylation is 2. The summed E-state index contributed by atoms with van der Waals surface area (Å²) in [6.45, 7) is 5.83. The van der Waals surface area contributed by atoms with Crippen molar-refractivity contribution in [1.82, 2.24) is 15.5 Å². The van der Waals surface area contributed by atoms with E-state index < -0.39 is 0 Å². The largest absolute Gasteiger partial charge is 0.351 e. The summed E-state index contributed by atoms with van der Waals surface area (Å²) >= 11 is 5.77. The van der Waals surface area contributed by atoms with Crippen LogP contribution >= 0.6 is 12.2 Å². The number of aromatic nitrogens is 2. The number of hydrogen-bond acceptors (Lipinski definition) is 4. The van der Waals surface area contributed by atoms with E-state index in [0.29, 0.717) is 22.4 Å². The van der Waals surface area contributed by atoms with E-state index in [4.69, 9.17) is 21.7 Å². The van der Waals surface area contributed by atoms with Crippen molar-refractivity contribution in [3.8, 4) is 11.4 Å². The van der Waals surface area contributed by atoms with E-state index in [-0.39, 0.29) is 11.9 Å². The fourth-order valence-electron chi connectivity index (χ4n) is 4.33. The summed E-state index contributed by atoms with van der Waals surface area (Å²) in [6.07, 6.45) is 0.965. The first kappa shape index (κ1) is 22.9. The Labute approximate surface area is 209 Å². The number of allylic oxidation sites excluding steroid dienone is 1. The summed E-state index contributed by atoms with van der Waals surface area (Å²) in [5.74, 6) is 0.668. The van der Waals surface area contributed by atoms with Gasteiger partial charge < -0.3 is 9.84 Å². The maximum atomic E-state index is 14.0. The number of thiocarbonyl (C=S) groups is 1. The first-order valence-corrected chi connectivity index (χ1v) is 11.9. The predicted molar refractivity (Wildman–Crippen MR) is 140 cm³/mol. The molecule has 0 saturated heterocycles. The Kier molecular flexibility index (Phi) is 6.17. The van der Waals surface area contributed by atoms with Crippen LogP contribution in [-0.2, 0) is 6.42 Å². The van der Waals surface area contributed by atoms with E-state index in [1.165, 1.54) is 11.6 Å². The molecule has 35 heavy (non-hydrogen) atoms. The molecule has 0 aliphatic carbocycles. The molecule has 0 bridgehead atoms. The fourth-order valence-corrected chi connectivity index (χ4v) is 4.69. The van der Waals surface area contributed by atoms with Gasteiger partial charge >= 0.3 is 0 Å². The van der Waals surface area contributed by atoms with Crippen molar-refractivity contribution in [2.75, 3.05) is 4.90 Å². The molecule has 7 heteroatoms. The number of benzene rings is 3. The van der Waals surface area contributed by atoms with E-state index in [2.05, 4.69) is 29.5 Å². The average Bonchev–Trinajstić information content (AvgIpc) is 3.36. The SMILES string of the molecule is CCc1ccc(-c2noc(C3=C(C)N(c4ccc(F)c(C)c4)C(=S)NC3c3ccccc3)n2)cc1. The summed E-state index contributed by atoms with van der Waals surface area (Å²) in [4.78, 5) is 6.65. The lowest BCUT2D eigenvalue weighted by atomic mass is 9.94. The molecule has 176 valence electrons. The second kappa shape index (κ2) is 9.43. The van der Waals surface area contributed by atoms with Crippen molar-refractivity contribution in [2.45, 2.75) is 33.2 Å². The third-order valence-electron chi connectivity index (χ3n) is 6.29. The topological polar surface area (TPSA) is 54.2 Å². The van der Waals surface area contributed by atoms with Crippen LogP contribution in [0.5, 0.6) is 0 Å². The van der Waals surface area contributed by atoms with E-state index in [0.717, 1.165) is 34.5 Å². The van der Waals surface area contributed by atoms with Crippen molar-refractivity contribution >= 4 is 28.6 Å². The Bertz CT molecular complexity index is 1410. The van der Waals surface area contributed by atoms with Crippen molar-refractivity contribution in [2.24, 2.45) is 0 Å². The van der Waals surface area contributed by atoms with Crippen molar-refractivity contribution in [1.29, 1.82) is 0 Å². The minimum Gasteiger partial charge on any atom is -0.351 e. The summed E-state index contributed by atoms with van der Waals surface area (Å²) in [7, 11) is 0. The second-order valence-electron chi connectivity index (χ2n) is 8.53. The quantitative estimate of drug-likeness (QED) is 0.322. The molecule has 0 saturated carbocycles. The average molecular weight is 485 g/mol. The zero-order valence-corrected chi connectivity index (χ0v) is 20.6. The van der Waals surface area contributed by atoms with Gasteiger partial charge in [-0.3, -0.25) is 4.90 Å². The van der Waals surface area contributed by atoms with E-state index >= 15 is 0 Å². The fraction of sp³-hybridized carbons (Fsp3) is 0.179. The summed E-state index contributed by atoms with van der Waals surface area (Å²) < 4.78 is 19.8. The van der Waals surface area contributed by atoms with Gasteiger partial charge in [0.2, 0.25) is 5.82 Å². The number of nitrogens with zero attached hydrogens (tertiary/aromatic N) is 3. The highest BCUT2D eigenvalue weighted by atomic mass is 32.1. The minimum absolute atomic E-state index is 0.260. The lowest BCUT2D eigenvalue weighted by Gasteiger charge is -2.37. The Hall–Kier alpha value is -3.84. The number of anilines is 1. The molecular formula is C28H25FN4OS. The molecule has 1 unspecified atom stereocenters. The van der Waals surface area contributed by atoms with Crippen LogP contribution in [0.1, 0.15) is 42.5 Å². The summed E-state index contributed by atoms with van der Waals surface area (Å²) in [5.41, 5.74) is 6.11. The molecule has 1 N–H and O–H groups in total. The molecule has 0 radical (unpaired) electrons. The van der Waals surface area contributed by atoms with Crippen molar-refractivity contribution < 1.29 is 8.91 Å². The normalized spacial score (nSPS) is 15.9. The Balaban J connectivity index is 1.63. The number of nitrogens with one attached hydrogen (secondary N) is 1. The highest BCUT2D eigenvalue weighted by Gasteiger charge is 2.34. The van der Waals surface area contributed by atoms with Crippen LogP contribution in [0.4, 0.5) is 10.1 Å². The van der Waals surface area contributed by atoms with Gasteiger partial charge in [0.25, 0.3) is 5.89 Å². The summed E-state index contributed by atoms with van der Waals surface area (Å²) in [5, 5.41) is 8.22. The molecule has 1 aromatic heterocycles. The van der Waals surface area contributed by atoms with E-state index in [9.17, 15) is 4.39 Å². The van der Waals surface area contributed by atoms with Gasteiger partial charge in [-0.1, -0.05) is 66.7 Å². The van der Waals surface area contributed by atoms with Crippen LogP contribution < -0.4 is 10.2 Å². The van der Waals surface area contributed by atoms with Gasteiger partial charge in [-0.2, -0.15) is 4.98 Å². The molecule has 1 aliphatic rings. The molecule has 4 aromatic rings. The lowest BCUT2D eigenvalue weighted by Crippen LogP contribution is -2.46. The predicted octanol–water partition coefficient (Wildman–Crippen LogP) is 6.61. The molecule has 0 spiro atoms. The van der Waals surface area contributed by atoms with Gasteiger partial charge in [0.15, 0.2) is 5.11 Å². The number of rotatable bonds is 5. The zero-order chi connectivity index (χ0) is 24.5. The van der Waals surface area contributed by atoms with E-state index in [1.807, 2.05) is 54.3 Å². The standard InChI is InChI=1S/C28H25FN4OS/c1-4-19-10-12-21(13-11-19)26-31-27(34-32-26)24-18(3)33(22-14-15-23(29)17(2)16-22)28(35)30-25(24)20-8-6-5-7-9-20/h5-16,25H,4H2,1-3H3,(H,30,35). The van der Waals surface area contributed by atoms with Crippen molar-refractivity contribution in [3.63, 3.8) is 0 Å². The van der Waals surface area contributed by atoms with Gasteiger partial charge in [-0.05, 0) is 67.4 Å². The maximum absolute atomic E-state index is 14.0. The lowest BCUT2D eigenvalue weighted by molar-refractivity contribution is 0.404. The molecule has 0 amide bonds. The van der Waals surface area contributed by atoms with Crippen LogP contribution in [0.2, 0.25) is 0 Å². The zero-order valence-electron chi connectivity index (χ0n) is 19.7. The third kappa shape index (κ3) is 4.35. The van der Waals surface area contributed by atoms with Crippen molar-refractivity contribution in [3.05, 3.63) is 107 Å². The second-order valence-corrected chi connectivity index (χ2v) is 8.92. The maximum Gasteiger partial charge on any atom is 0.258 e. The van der Waals surface area contributed by atoms with Gasteiger partial charge in [-0.25, -0.2) is 4.39 Å². The van der Waals surface area contributed by atoms with Gasteiger partial charge in [0, 0.05) is 16.9 Å². The Morgan fingerprint density at radius 2 is 1.77 bits per heavy atom. The van der Waals surface area contributed by atoms with Crippen LogP contribution in [-0.4, -0.2) is 15.3 Å². The molecule has 5 rings (SSSR count). The van der Waals surface area contributed by atoms with Crippen LogP contribution in [0.3, 0.4) is 0 Å². The minimum atomic E-state index is -0.280. The molecule has 5 nitrogen and oxygen atoms in total. The summed E-state index contributed by atoms with van der Waals surface area (Å²) in [6, 6.07) is 22.8. The molecule has 1 atom stereocenters. The van der Waals surface area contributed by atoms with E-state index in [1.54, 1.807) is 19.1 Å². The van der Waals surface area contributed by atoms with Gasteiger partial charge in [-0.15, -0.1) is 0 Å². The molecule has 1 aliphatic heterocycles. The monoisotopic (exact) mass is 484 g/mol. The van der Waals surface area contributed by atoms with Crippen LogP contribution in [0.15, 0.2) is 83.0 Å². The highest BCUT2D eigenvalue weighted by Crippen LogP contribution is 2.39. The molecular weight excluding hydrogens is 459 g/mol. The number of halogens is 1. The van der Waals surface area contributed by atoms with Crippen LogP contribution in [0.25, 0.3) is 17.0 Å². The first-order chi connectivity index (χ1) is 17.0. The first-order valence-electron chi connectivity index (χ1n) is 11.5. The number of hydrogen-bond donors (Lipinski definition) is 1. The highest BCUT2D eigenvalue weighted by molar-refractivity contribution is 7.80.